The van der Waals surface area contributed by atoms with Crippen LogP contribution in [0.5, 0.6) is 0 Å². The molecule has 1 aromatic rings. The Balaban J connectivity index is 0. The minimum absolute atomic E-state index is 0. The standard InChI is InChI=1S/C20H27Si.3ClH.Ti/c1-2-18-14-17(13-16-9-5-3-6-10-16)15-20(18)21-19-11-7-4-8-12-19;;;;/h4,7-8,11-12,16H,2-3,5-6,9-10,13,15,21H2,1H3;3*1H;/q-1;;;;+4/p-3. The van der Waals surface area contributed by atoms with Crippen LogP contribution in [0.1, 0.15) is 58.3 Å². The van der Waals surface area contributed by atoms with Crippen molar-refractivity contribution in [3.05, 3.63) is 52.8 Å². The number of hydrogen-bond acceptors (Lipinski definition) is 0. The minimum atomic E-state index is -0.267. The van der Waals surface area contributed by atoms with Crippen molar-refractivity contribution in [1.82, 2.24) is 0 Å². The van der Waals surface area contributed by atoms with Crippen molar-refractivity contribution in [3.8, 4) is 0 Å². The fourth-order valence-corrected chi connectivity index (χ4v) is 5.90. The number of halogens is 3. The summed E-state index contributed by atoms with van der Waals surface area (Å²) in [5.74, 6) is 0.956. The largest absolute Gasteiger partial charge is 4.00 e. The van der Waals surface area contributed by atoms with Gasteiger partial charge in [0.25, 0.3) is 0 Å². The molecule has 0 spiro atoms. The molecule has 0 bridgehead atoms. The number of benzene rings is 1. The zero-order valence-electron chi connectivity index (χ0n) is 15.0. The number of hydrogen-bond donors (Lipinski definition) is 0. The molecule has 2 aliphatic rings. The fraction of sp³-hybridized carbons (Fsp3) is 0.500. The van der Waals surface area contributed by atoms with Gasteiger partial charge in [-0.25, -0.2) is 16.8 Å². The second-order valence-electron chi connectivity index (χ2n) is 6.71. The molecule has 0 heterocycles. The molecule has 0 aromatic heterocycles. The van der Waals surface area contributed by atoms with Crippen LogP contribution in [-0.2, 0) is 21.7 Å². The van der Waals surface area contributed by atoms with E-state index in [1.807, 2.05) is 0 Å². The van der Waals surface area contributed by atoms with Crippen molar-refractivity contribution in [2.75, 3.05) is 0 Å². The summed E-state index contributed by atoms with van der Waals surface area (Å²) >= 11 is 0. The summed E-state index contributed by atoms with van der Waals surface area (Å²) in [4.78, 5) is 0. The van der Waals surface area contributed by atoms with E-state index in [2.05, 4.69) is 43.3 Å². The zero-order chi connectivity index (χ0) is 14.5. The molecule has 0 nitrogen and oxygen atoms in total. The Bertz CT molecular complexity index is 537. The summed E-state index contributed by atoms with van der Waals surface area (Å²) in [5.41, 5.74) is 3.17. The molecule has 1 fully saturated rings. The van der Waals surface area contributed by atoms with Gasteiger partial charge in [-0.3, -0.25) is 0 Å². The van der Waals surface area contributed by atoms with E-state index in [1.165, 1.54) is 51.4 Å². The molecule has 136 valence electrons. The van der Waals surface area contributed by atoms with Crippen LogP contribution in [-0.4, -0.2) is 9.52 Å². The quantitative estimate of drug-likeness (QED) is 0.313. The molecule has 0 aliphatic heterocycles. The van der Waals surface area contributed by atoms with Gasteiger partial charge in [-0.1, -0.05) is 87.4 Å². The van der Waals surface area contributed by atoms with Gasteiger partial charge >= 0.3 is 21.7 Å². The van der Waals surface area contributed by atoms with Crippen LogP contribution in [0.25, 0.3) is 0 Å². The maximum absolute atomic E-state index is 3.79. The van der Waals surface area contributed by atoms with Gasteiger partial charge in [0.1, 0.15) is 0 Å². The van der Waals surface area contributed by atoms with Gasteiger partial charge in [-0.05, 0) is 21.9 Å². The Kier molecular flexibility index (Phi) is 16.1. The molecule has 0 unspecified atom stereocenters. The van der Waals surface area contributed by atoms with E-state index in [0.29, 0.717) is 0 Å². The molecule has 5 heteroatoms. The van der Waals surface area contributed by atoms with E-state index in [0.717, 1.165) is 5.92 Å². The number of rotatable bonds is 5. The Morgan fingerprint density at radius 3 is 2.24 bits per heavy atom. The molecule has 0 atom stereocenters. The van der Waals surface area contributed by atoms with E-state index in [-0.39, 0.29) is 68.5 Å². The average Bonchev–Trinajstić information content (AvgIpc) is 2.91. The summed E-state index contributed by atoms with van der Waals surface area (Å²) in [5, 5.41) is 3.34. The summed E-state index contributed by atoms with van der Waals surface area (Å²) < 4.78 is 0. The first-order valence-corrected chi connectivity index (χ1v) is 10.1. The van der Waals surface area contributed by atoms with Crippen LogP contribution in [0, 0.1) is 12.0 Å². The maximum Gasteiger partial charge on any atom is 4.00 e. The molecule has 2 aliphatic carbocycles. The van der Waals surface area contributed by atoms with Gasteiger partial charge in [0.2, 0.25) is 0 Å². The Hall–Kier alpha value is 0.501. The Morgan fingerprint density at radius 2 is 1.64 bits per heavy atom. The van der Waals surface area contributed by atoms with Crippen molar-refractivity contribution >= 4 is 14.7 Å². The van der Waals surface area contributed by atoms with Gasteiger partial charge in [0, 0.05) is 0 Å². The monoisotopic (exact) mass is 448 g/mol. The molecular weight excluding hydrogens is 423 g/mol. The predicted octanol–water partition coefficient (Wildman–Crippen LogP) is -4.74. The first-order valence-electron chi connectivity index (χ1n) is 8.71. The van der Waals surface area contributed by atoms with Crippen molar-refractivity contribution < 1.29 is 58.9 Å². The molecule has 1 saturated carbocycles. The molecule has 1 aromatic carbocycles. The van der Waals surface area contributed by atoms with Crippen LogP contribution in [0.3, 0.4) is 0 Å². The fourth-order valence-electron chi connectivity index (χ4n) is 3.92. The van der Waals surface area contributed by atoms with Gasteiger partial charge in [-0.15, -0.1) is 0 Å². The third-order valence-corrected chi connectivity index (χ3v) is 7.04. The van der Waals surface area contributed by atoms with Crippen LogP contribution in [0.15, 0.2) is 46.7 Å². The molecule has 0 saturated heterocycles. The number of allylic oxidation sites excluding steroid dienone is 4. The molecule has 25 heavy (non-hydrogen) atoms. The van der Waals surface area contributed by atoms with E-state index in [1.54, 1.807) is 21.5 Å². The van der Waals surface area contributed by atoms with E-state index < -0.39 is 0 Å². The van der Waals surface area contributed by atoms with E-state index in [4.69, 9.17) is 0 Å². The molecule has 3 rings (SSSR count). The molecule has 0 radical (unpaired) electrons. The third-order valence-electron chi connectivity index (χ3n) is 5.05. The Labute approximate surface area is 189 Å². The van der Waals surface area contributed by atoms with E-state index >= 15 is 0 Å². The molecule has 0 N–H and O–H groups in total. The minimum Gasteiger partial charge on any atom is -1.00 e. The summed E-state index contributed by atoms with van der Waals surface area (Å²) in [6.45, 7) is 2.30. The smallest absolute Gasteiger partial charge is 1.00 e. The molecular formula is C20H27Cl3SiTi. The predicted molar refractivity (Wildman–Crippen MR) is 94.5 cm³/mol. The van der Waals surface area contributed by atoms with Crippen LogP contribution in [0.2, 0.25) is 0 Å². The summed E-state index contributed by atoms with van der Waals surface area (Å²) in [6, 6.07) is 11.1. The average molecular weight is 450 g/mol. The maximum atomic E-state index is 3.79. The second kappa shape index (κ2) is 14.5. The third kappa shape index (κ3) is 8.37. The Morgan fingerprint density at radius 1 is 1.00 bits per heavy atom. The van der Waals surface area contributed by atoms with Crippen molar-refractivity contribution in [1.29, 1.82) is 0 Å². The van der Waals surface area contributed by atoms with Crippen LogP contribution < -0.4 is 42.4 Å². The van der Waals surface area contributed by atoms with E-state index in [9.17, 15) is 0 Å². The van der Waals surface area contributed by atoms with Gasteiger partial charge in [0.05, 0.1) is 0 Å². The summed E-state index contributed by atoms with van der Waals surface area (Å²) in [6.07, 6.45) is 14.8. The van der Waals surface area contributed by atoms with Gasteiger partial charge in [0.15, 0.2) is 0 Å². The first kappa shape index (κ1) is 27.7. The molecule has 0 amide bonds. The van der Waals surface area contributed by atoms with Crippen molar-refractivity contribution in [3.63, 3.8) is 0 Å². The van der Waals surface area contributed by atoms with Crippen LogP contribution in [0.4, 0.5) is 0 Å². The van der Waals surface area contributed by atoms with Gasteiger partial charge in [-0.2, -0.15) is 5.57 Å². The van der Waals surface area contributed by atoms with Crippen LogP contribution >= 0.6 is 0 Å². The zero-order valence-corrected chi connectivity index (χ0v) is 20.2. The SMILES string of the molecule is CCC1=C([SiH2]c2ccccc2)CC(CC2CCCCC2)=[C-]1.[Cl-].[Cl-].[Cl-].[Ti+4]. The van der Waals surface area contributed by atoms with Crippen molar-refractivity contribution in [2.45, 2.75) is 58.3 Å². The van der Waals surface area contributed by atoms with Crippen molar-refractivity contribution in [2.24, 2.45) is 5.92 Å². The second-order valence-corrected chi connectivity index (χ2v) is 8.74. The van der Waals surface area contributed by atoms with Gasteiger partial charge < -0.3 is 37.2 Å². The first-order chi connectivity index (χ1) is 10.3. The topological polar surface area (TPSA) is 0 Å². The summed E-state index contributed by atoms with van der Waals surface area (Å²) in [7, 11) is -0.267. The normalized spacial score (nSPS) is 17.2.